The topological polar surface area (TPSA) is 6.48 Å². The second-order valence-corrected chi connectivity index (χ2v) is 17.7. The van der Waals surface area contributed by atoms with Crippen LogP contribution in [0, 0.1) is 0 Å². The quantitative estimate of drug-likeness (QED) is 0.128. The molecule has 0 unspecified atom stereocenters. The minimum atomic E-state index is -0.465. The van der Waals surface area contributed by atoms with E-state index in [1.54, 1.807) is 0 Å². The van der Waals surface area contributed by atoms with Gasteiger partial charge in [-0.3, -0.25) is 0 Å². The third kappa shape index (κ3) is 7.49. The summed E-state index contributed by atoms with van der Waals surface area (Å²) in [7, 11) is 0. The van der Waals surface area contributed by atoms with Gasteiger partial charge in [0.05, 0.1) is 5.41 Å². The average Bonchev–Trinajstić information content (AvgIpc) is 3.73. The van der Waals surface area contributed by atoms with Crippen molar-refractivity contribution in [3.8, 4) is 44.5 Å². The molecule has 326 valence electrons. The summed E-state index contributed by atoms with van der Waals surface area (Å²) in [5, 5.41) is 0. The van der Waals surface area contributed by atoms with Gasteiger partial charge in [-0.1, -0.05) is 218 Å². The molecule has 12 rings (SSSR count). The lowest BCUT2D eigenvalue weighted by molar-refractivity contribution is 0.768. The molecule has 2 nitrogen and oxygen atoms in total. The van der Waals surface area contributed by atoms with E-state index in [9.17, 15) is 0 Å². The molecule has 0 bridgehead atoms. The van der Waals surface area contributed by atoms with Crippen molar-refractivity contribution in [3.05, 3.63) is 313 Å². The number of nitrogens with zero attached hydrogens (tertiary/aromatic N) is 2. The van der Waals surface area contributed by atoms with Crippen molar-refractivity contribution >= 4 is 34.1 Å². The molecule has 0 fully saturated rings. The summed E-state index contributed by atoms with van der Waals surface area (Å²) < 4.78 is 0. The largest absolute Gasteiger partial charge is 0.311 e. The Kier molecular flexibility index (Phi) is 10.8. The van der Waals surface area contributed by atoms with E-state index >= 15 is 0 Å². The maximum Gasteiger partial charge on any atom is 0.0713 e. The van der Waals surface area contributed by atoms with E-state index in [1.165, 1.54) is 61.2 Å². The first-order valence-electron chi connectivity index (χ1n) is 23.8. The highest BCUT2D eigenvalue weighted by molar-refractivity contribution is 5.91. The van der Waals surface area contributed by atoms with Gasteiger partial charge < -0.3 is 9.80 Å². The summed E-state index contributed by atoms with van der Waals surface area (Å²) in [6, 6.07) is 106. The van der Waals surface area contributed by atoms with Crippen LogP contribution in [0.2, 0.25) is 0 Å². The molecule has 0 saturated carbocycles. The molecule has 0 radical (unpaired) electrons. The van der Waals surface area contributed by atoms with Crippen LogP contribution in [0.1, 0.15) is 22.3 Å². The summed E-state index contributed by atoms with van der Waals surface area (Å²) in [6.07, 6.45) is 0. The molecule has 2 heteroatoms. The predicted molar refractivity (Wildman–Crippen MR) is 289 cm³/mol. The van der Waals surface area contributed by atoms with Gasteiger partial charge >= 0.3 is 0 Å². The fraction of sp³-hybridized carbons (Fsp3) is 0.0149. The van der Waals surface area contributed by atoms with Gasteiger partial charge in [0, 0.05) is 34.1 Å². The Labute approximate surface area is 405 Å². The zero-order valence-corrected chi connectivity index (χ0v) is 38.1. The number of para-hydroxylation sites is 2. The molecule has 0 spiro atoms. The number of rotatable bonds is 11. The zero-order chi connectivity index (χ0) is 46.0. The van der Waals surface area contributed by atoms with Crippen LogP contribution < -0.4 is 9.80 Å². The smallest absolute Gasteiger partial charge is 0.0713 e. The summed E-state index contributed by atoms with van der Waals surface area (Å²) >= 11 is 0. The first-order valence-corrected chi connectivity index (χ1v) is 23.8. The van der Waals surface area contributed by atoms with Gasteiger partial charge in [-0.05, 0) is 140 Å². The maximum atomic E-state index is 2.41. The Morgan fingerprint density at radius 2 is 0.522 bits per heavy atom. The van der Waals surface area contributed by atoms with E-state index in [4.69, 9.17) is 0 Å². The lowest BCUT2D eigenvalue weighted by atomic mass is 9.68. The number of hydrogen-bond acceptors (Lipinski definition) is 2. The zero-order valence-electron chi connectivity index (χ0n) is 38.1. The van der Waals surface area contributed by atoms with Crippen LogP contribution in [-0.4, -0.2) is 0 Å². The van der Waals surface area contributed by atoms with Crippen LogP contribution in [0.3, 0.4) is 0 Å². The fourth-order valence-electron chi connectivity index (χ4n) is 10.6. The average molecular weight is 881 g/mol. The Morgan fingerprint density at radius 3 is 1.00 bits per heavy atom. The van der Waals surface area contributed by atoms with Gasteiger partial charge in [-0.25, -0.2) is 0 Å². The van der Waals surface area contributed by atoms with Crippen molar-refractivity contribution < 1.29 is 0 Å². The Balaban J connectivity index is 0.947. The second-order valence-electron chi connectivity index (χ2n) is 17.7. The van der Waals surface area contributed by atoms with Crippen molar-refractivity contribution in [2.75, 3.05) is 9.80 Å². The molecule has 1 aliphatic rings. The third-order valence-corrected chi connectivity index (χ3v) is 13.8. The normalized spacial score (nSPS) is 12.2. The van der Waals surface area contributed by atoms with Gasteiger partial charge in [0.1, 0.15) is 0 Å². The molecule has 11 aromatic rings. The van der Waals surface area contributed by atoms with Gasteiger partial charge in [0.15, 0.2) is 0 Å². The molecule has 0 aliphatic heterocycles. The minimum Gasteiger partial charge on any atom is -0.311 e. The minimum absolute atomic E-state index is 0.465. The highest BCUT2D eigenvalue weighted by atomic mass is 15.1. The Morgan fingerprint density at radius 1 is 0.203 bits per heavy atom. The van der Waals surface area contributed by atoms with Crippen molar-refractivity contribution in [1.29, 1.82) is 0 Å². The Bertz CT molecular complexity index is 3420. The van der Waals surface area contributed by atoms with E-state index in [-0.39, 0.29) is 0 Å². The second kappa shape index (κ2) is 18.0. The molecular weight excluding hydrogens is 833 g/mol. The monoisotopic (exact) mass is 880 g/mol. The fourth-order valence-corrected chi connectivity index (χ4v) is 10.6. The standard InChI is InChI=1S/C67H48N2/c1-6-20-49(21-7-1)50-34-40-58(41-35-50)69(60-46-47-66-64(48-60)63-32-18-19-33-65(63)67(66,53-22-8-2-9-23-53)54-24-10-3-11-25-54)59-44-38-52(39-45-59)62-31-17-16-30-61(62)51-36-42-57(43-37-51)68(55-26-12-4-13-27-55)56-28-14-5-15-29-56/h1-48H. The van der Waals surface area contributed by atoms with E-state index in [1.807, 2.05) is 0 Å². The molecule has 0 amide bonds. The van der Waals surface area contributed by atoms with Gasteiger partial charge in [0.2, 0.25) is 0 Å². The van der Waals surface area contributed by atoms with Gasteiger partial charge in [-0.2, -0.15) is 0 Å². The van der Waals surface area contributed by atoms with E-state index < -0.39 is 5.41 Å². The maximum absolute atomic E-state index is 2.41. The molecule has 11 aromatic carbocycles. The predicted octanol–water partition coefficient (Wildman–Crippen LogP) is 18.0. The summed E-state index contributed by atoms with van der Waals surface area (Å²) in [4.78, 5) is 4.71. The van der Waals surface area contributed by atoms with Crippen LogP contribution in [0.4, 0.5) is 34.1 Å². The summed E-state index contributed by atoms with van der Waals surface area (Å²) in [5.41, 5.74) is 20.9. The lowest BCUT2D eigenvalue weighted by Crippen LogP contribution is -2.28. The molecule has 69 heavy (non-hydrogen) atoms. The van der Waals surface area contributed by atoms with Crippen molar-refractivity contribution in [2.45, 2.75) is 5.41 Å². The Hall–Kier alpha value is -8.98. The molecule has 0 saturated heterocycles. The molecule has 0 aromatic heterocycles. The molecule has 1 aliphatic carbocycles. The number of benzene rings is 11. The number of hydrogen-bond donors (Lipinski definition) is 0. The van der Waals surface area contributed by atoms with Crippen LogP contribution in [-0.2, 0) is 5.41 Å². The van der Waals surface area contributed by atoms with Crippen LogP contribution in [0.5, 0.6) is 0 Å². The summed E-state index contributed by atoms with van der Waals surface area (Å²) in [5.74, 6) is 0. The van der Waals surface area contributed by atoms with Gasteiger partial charge in [0.25, 0.3) is 0 Å². The first-order chi connectivity index (χ1) is 34.2. The van der Waals surface area contributed by atoms with Crippen molar-refractivity contribution in [1.82, 2.24) is 0 Å². The van der Waals surface area contributed by atoms with Crippen LogP contribution in [0.25, 0.3) is 44.5 Å². The molecule has 0 N–H and O–H groups in total. The third-order valence-electron chi connectivity index (χ3n) is 13.8. The van der Waals surface area contributed by atoms with E-state index in [0.717, 1.165) is 39.7 Å². The lowest BCUT2D eigenvalue weighted by Gasteiger charge is -2.34. The van der Waals surface area contributed by atoms with E-state index in [0.29, 0.717) is 0 Å². The summed E-state index contributed by atoms with van der Waals surface area (Å²) in [6.45, 7) is 0. The highest BCUT2D eigenvalue weighted by Crippen LogP contribution is 2.57. The highest BCUT2D eigenvalue weighted by Gasteiger charge is 2.46. The van der Waals surface area contributed by atoms with Gasteiger partial charge in [-0.15, -0.1) is 0 Å². The first kappa shape index (κ1) is 41.5. The molecule has 0 heterocycles. The SMILES string of the molecule is c1ccc(-c2ccc(N(c3ccc(-c4ccccc4-c4ccc(N(c5ccccc5)c5ccccc5)cc4)cc3)c3ccc4c(c3)-c3ccccc3C4(c3ccccc3)c3ccccc3)cc2)cc1. The van der Waals surface area contributed by atoms with Crippen molar-refractivity contribution in [3.63, 3.8) is 0 Å². The van der Waals surface area contributed by atoms with Crippen LogP contribution in [0.15, 0.2) is 291 Å². The van der Waals surface area contributed by atoms with E-state index in [2.05, 4.69) is 301 Å². The van der Waals surface area contributed by atoms with Crippen molar-refractivity contribution in [2.24, 2.45) is 0 Å². The number of anilines is 6. The van der Waals surface area contributed by atoms with Crippen LogP contribution >= 0.6 is 0 Å². The molecule has 0 atom stereocenters. The number of fused-ring (bicyclic) bond motifs is 3. The molecular formula is C67H48N2.